The first-order valence-corrected chi connectivity index (χ1v) is 8.91. The number of carbonyl (C=O) groups excluding carboxylic acids is 1. The number of aliphatic imine (C=N–C) groups is 1. The molecule has 8 nitrogen and oxygen atoms in total. The molecule has 9 heteroatoms. The van der Waals surface area contributed by atoms with Gasteiger partial charge in [-0.25, -0.2) is 19.4 Å². The fourth-order valence-corrected chi connectivity index (χ4v) is 2.95. The number of amides is 1. The first-order valence-electron chi connectivity index (χ1n) is 8.91. The Morgan fingerprint density at radius 1 is 1.36 bits per heavy atom. The van der Waals surface area contributed by atoms with Crippen molar-refractivity contribution in [2.75, 3.05) is 31.6 Å². The molecule has 4 rings (SSSR count). The van der Waals surface area contributed by atoms with Crippen molar-refractivity contribution in [3.63, 3.8) is 0 Å². The Bertz CT molecular complexity index is 967. The Labute approximate surface area is 161 Å². The Hall–Kier alpha value is -3.36. The second-order valence-electron chi connectivity index (χ2n) is 6.80. The molecule has 0 saturated carbocycles. The van der Waals surface area contributed by atoms with E-state index in [4.69, 9.17) is 4.74 Å². The van der Waals surface area contributed by atoms with Gasteiger partial charge in [0.05, 0.1) is 25.5 Å². The lowest BCUT2D eigenvalue weighted by atomic mass is 10.1. The van der Waals surface area contributed by atoms with E-state index < -0.39 is 5.91 Å². The van der Waals surface area contributed by atoms with Crippen molar-refractivity contribution in [3.05, 3.63) is 47.7 Å². The number of halogens is 1. The molecule has 1 aromatic carbocycles. The summed E-state index contributed by atoms with van der Waals surface area (Å²) in [6.07, 6.45) is 4.69. The van der Waals surface area contributed by atoms with E-state index in [1.807, 2.05) is 18.9 Å². The summed E-state index contributed by atoms with van der Waals surface area (Å²) in [6.45, 7) is 3.63. The van der Waals surface area contributed by atoms with Gasteiger partial charge in [-0.1, -0.05) is 6.07 Å². The van der Waals surface area contributed by atoms with Gasteiger partial charge >= 0.3 is 0 Å². The zero-order valence-electron chi connectivity index (χ0n) is 15.6. The van der Waals surface area contributed by atoms with E-state index >= 15 is 0 Å². The van der Waals surface area contributed by atoms with Gasteiger partial charge < -0.3 is 9.64 Å². The smallest absolute Gasteiger partial charge is 0.297 e. The standard InChI is InChI=1S/C19H19FN6O2/c1-12-3-4-13(20)5-17(12)28-15-10-26(11-15)18-8-21-16(7-22-18)19(27)24-14-6-23-25(2)9-14/h3-5,7-9,15H,6,10-11H2,1-2H3/p+1. The lowest BCUT2D eigenvalue weighted by molar-refractivity contribution is -0.546. The molecular formula is C19H20FN6O2+. The third-order valence-electron chi connectivity index (χ3n) is 4.57. The zero-order chi connectivity index (χ0) is 19.7. The highest BCUT2D eigenvalue weighted by atomic mass is 19.1. The maximum absolute atomic E-state index is 13.4. The fraction of sp³-hybridized carbons (Fsp3) is 0.316. The average Bonchev–Trinajstić information content (AvgIpc) is 3.05. The summed E-state index contributed by atoms with van der Waals surface area (Å²) < 4.78 is 20.9. The van der Waals surface area contributed by atoms with E-state index in [0.717, 1.165) is 5.56 Å². The van der Waals surface area contributed by atoms with E-state index in [-0.39, 0.29) is 17.6 Å². The number of carbonyl (C=O) groups is 1. The molecule has 2 aliphatic heterocycles. The van der Waals surface area contributed by atoms with Crippen LogP contribution in [0.5, 0.6) is 5.75 Å². The Kier molecular flexibility index (Phi) is 4.72. The SMILES string of the molecule is Cc1ccc(F)cc1OC1CN(c2cnc(C(=O)N=C3C=[N+](C)NC3)cn2)C1. The topological polar surface area (TPSA) is 82.7 Å². The zero-order valence-corrected chi connectivity index (χ0v) is 15.6. The van der Waals surface area contributed by atoms with Crippen molar-refractivity contribution in [1.29, 1.82) is 0 Å². The molecule has 1 aromatic heterocycles. The van der Waals surface area contributed by atoms with E-state index in [9.17, 15) is 9.18 Å². The van der Waals surface area contributed by atoms with Gasteiger partial charge in [0, 0.05) is 6.07 Å². The van der Waals surface area contributed by atoms with Crippen LogP contribution < -0.4 is 15.1 Å². The lowest BCUT2D eigenvalue weighted by Crippen LogP contribution is -2.54. The third-order valence-corrected chi connectivity index (χ3v) is 4.57. The number of benzene rings is 1. The predicted octanol–water partition coefficient (Wildman–Crippen LogP) is 1.00. The summed E-state index contributed by atoms with van der Waals surface area (Å²) in [7, 11) is 1.83. The van der Waals surface area contributed by atoms with Crippen molar-refractivity contribution in [2.24, 2.45) is 4.99 Å². The highest BCUT2D eigenvalue weighted by Gasteiger charge is 2.30. The van der Waals surface area contributed by atoms with Gasteiger partial charge in [0.15, 0.2) is 7.05 Å². The fourth-order valence-electron chi connectivity index (χ4n) is 2.95. The van der Waals surface area contributed by atoms with Crippen LogP contribution in [0.2, 0.25) is 0 Å². The molecule has 3 heterocycles. The Morgan fingerprint density at radius 3 is 2.86 bits per heavy atom. The molecule has 2 aliphatic rings. The molecule has 1 saturated heterocycles. The number of ether oxygens (including phenoxy) is 1. The van der Waals surface area contributed by atoms with Crippen LogP contribution in [0.15, 0.2) is 35.6 Å². The second kappa shape index (κ2) is 7.34. The van der Waals surface area contributed by atoms with Crippen LogP contribution in [0, 0.1) is 12.7 Å². The monoisotopic (exact) mass is 383 g/mol. The van der Waals surface area contributed by atoms with Crippen molar-refractivity contribution in [3.8, 4) is 5.75 Å². The van der Waals surface area contributed by atoms with Crippen LogP contribution in [0.4, 0.5) is 10.2 Å². The van der Waals surface area contributed by atoms with Crippen LogP contribution in [0.1, 0.15) is 16.1 Å². The Morgan fingerprint density at radius 2 is 2.18 bits per heavy atom. The second-order valence-corrected chi connectivity index (χ2v) is 6.80. The molecule has 144 valence electrons. The molecule has 0 spiro atoms. The molecule has 0 bridgehead atoms. The molecule has 2 aromatic rings. The summed E-state index contributed by atoms with van der Waals surface area (Å²) in [6, 6.07) is 4.51. The van der Waals surface area contributed by atoms with Crippen molar-refractivity contribution in [1.82, 2.24) is 15.4 Å². The molecule has 0 atom stereocenters. The van der Waals surface area contributed by atoms with Crippen LogP contribution in [-0.4, -0.2) is 65.3 Å². The normalized spacial score (nSPS) is 17.9. The molecular weight excluding hydrogens is 363 g/mol. The number of aromatic nitrogens is 2. The number of anilines is 1. The number of aryl methyl sites for hydroxylation is 1. The highest BCUT2D eigenvalue weighted by molar-refractivity contribution is 6.33. The molecule has 1 fully saturated rings. The average molecular weight is 383 g/mol. The van der Waals surface area contributed by atoms with Crippen molar-refractivity contribution < 1.29 is 18.6 Å². The van der Waals surface area contributed by atoms with E-state index in [2.05, 4.69) is 20.4 Å². The molecule has 1 N–H and O–H groups in total. The molecule has 28 heavy (non-hydrogen) atoms. The number of hydrogen-bond donors (Lipinski definition) is 1. The predicted molar refractivity (Wildman–Crippen MR) is 102 cm³/mol. The van der Waals surface area contributed by atoms with Gasteiger partial charge in [-0.2, -0.15) is 5.43 Å². The summed E-state index contributed by atoms with van der Waals surface area (Å²) >= 11 is 0. The lowest BCUT2D eigenvalue weighted by Gasteiger charge is -2.39. The highest BCUT2D eigenvalue weighted by Crippen LogP contribution is 2.25. The minimum atomic E-state index is -0.422. The van der Waals surface area contributed by atoms with E-state index in [1.165, 1.54) is 18.3 Å². The van der Waals surface area contributed by atoms with Crippen molar-refractivity contribution >= 4 is 23.7 Å². The van der Waals surface area contributed by atoms with Gasteiger partial charge in [0.2, 0.25) is 6.21 Å². The van der Waals surface area contributed by atoms with Crippen LogP contribution in [0.3, 0.4) is 0 Å². The first kappa shape index (κ1) is 18.0. The van der Waals surface area contributed by atoms with E-state index in [1.54, 1.807) is 23.2 Å². The summed E-state index contributed by atoms with van der Waals surface area (Å²) in [4.78, 5) is 26.7. The van der Waals surface area contributed by atoms with E-state index in [0.29, 0.717) is 36.9 Å². The first-order chi connectivity index (χ1) is 13.5. The van der Waals surface area contributed by atoms with Gasteiger partial charge in [-0.05, 0) is 18.6 Å². The number of rotatable bonds is 4. The largest absolute Gasteiger partial charge is 0.486 e. The summed E-state index contributed by atoms with van der Waals surface area (Å²) in [5.41, 5.74) is 4.75. The van der Waals surface area contributed by atoms with Crippen LogP contribution >= 0.6 is 0 Å². The summed E-state index contributed by atoms with van der Waals surface area (Å²) in [5, 5.41) is 0. The quantitative estimate of drug-likeness (QED) is 0.794. The molecule has 0 unspecified atom stereocenters. The number of hydrazone groups is 1. The summed E-state index contributed by atoms with van der Waals surface area (Å²) in [5.74, 6) is 0.478. The van der Waals surface area contributed by atoms with Gasteiger partial charge in [0.1, 0.15) is 41.4 Å². The number of nitrogens with zero attached hydrogens (tertiary/aromatic N) is 5. The minimum absolute atomic E-state index is 0.0441. The molecule has 1 amide bonds. The maximum atomic E-state index is 13.4. The minimum Gasteiger partial charge on any atom is -0.486 e. The molecule has 0 radical (unpaired) electrons. The Balaban J connectivity index is 1.34. The van der Waals surface area contributed by atoms with Crippen LogP contribution in [0.25, 0.3) is 0 Å². The maximum Gasteiger partial charge on any atom is 0.297 e. The third kappa shape index (κ3) is 3.83. The molecule has 0 aliphatic carbocycles. The van der Waals surface area contributed by atoms with Gasteiger partial charge in [0.25, 0.3) is 5.91 Å². The van der Waals surface area contributed by atoms with Crippen molar-refractivity contribution in [2.45, 2.75) is 13.0 Å². The van der Waals surface area contributed by atoms with Crippen LogP contribution in [-0.2, 0) is 0 Å². The number of hydrogen-bond acceptors (Lipinski definition) is 6. The number of nitrogens with one attached hydrogen (secondary N) is 1. The van der Waals surface area contributed by atoms with Gasteiger partial charge in [-0.15, -0.1) is 4.68 Å². The number of hydrazine groups is 1. The van der Waals surface area contributed by atoms with Gasteiger partial charge in [-0.3, -0.25) is 4.79 Å².